The van der Waals surface area contributed by atoms with Gasteiger partial charge in [-0.1, -0.05) is 0 Å². The molecule has 0 saturated heterocycles. The molecule has 0 amide bonds. The van der Waals surface area contributed by atoms with E-state index < -0.39 is 0 Å². The van der Waals surface area contributed by atoms with E-state index in [-0.39, 0.29) is 42.5 Å². The number of rotatable bonds is 2. The third kappa shape index (κ3) is 4.55. The van der Waals surface area contributed by atoms with Crippen molar-refractivity contribution in [2.75, 3.05) is 7.11 Å². The molecule has 21 heavy (non-hydrogen) atoms. The minimum atomic E-state index is -0.0429. The maximum Gasteiger partial charge on any atom is 0.147 e. The van der Waals surface area contributed by atoms with Gasteiger partial charge in [0.1, 0.15) is 11.6 Å². The van der Waals surface area contributed by atoms with E-state index in [4.69, 9.17) is 10.5 Å². The summed E-state index contributed by atoms with van der Waals surface area (Å²) < 4.78 is 7.57. The second-order valence-corrected chi connectivity index (χ2v) is 6.55. The lowest BCUT2D eigenvalue weighted by Crippen LogP contribution is -2.41. The number of hydrogen-bond acceptors (Lipinski definition) is 4. The van der Waals surface area contributed by atoms with Gasteiger partial charge in [0.2, 0.25) is 0 Å². The highest BCUT2D eigenvalue weighted by Crippen LogP contribution is 2.34. The Hall–Kier alpha value is -0.360. The number of hydrogen-bond donors (Lipinski definition) is 1. The van der Waals surface area contributed by atoms with Crippen molar-refractivity contribution >= 4 is 24.8 Å². The predicted octanol–water partition coefficient (Wildman–Crippen LogP) is 2.79. The molecule has 7 heteroatoms. The lowest BCUT2D eigenvalue weighted by molar-refractivity contribution is 0.0449. The molecule has 3 atom stereocenters. The Bertz CT molecular complexity index is 445. The van der Waals surface area contributed by atoms with Crippen molar-refractivity contribution in [2.45, 2.75) is 70.6 Å². The molecule has 2 rings (SSSR count). The first-order valence-corrected chi connectivity index (χ1v) is 7.05. The van der Waals surface area contributed by atoms with E-state index >= 15 is 0 Å². The third-order valence-corrected chi connectivity index (χ3v) is 3.88. The van der Waals surface area contributed by atoms with Gasteiger partial charge in [0.15, 0.2) is 0 Å². The van der Waals surface area contributed by atoms with Crippen LogP contribution in [0.25, 0.3) is 0 Å². The molecule has 0 aromatic carbocycles. The number of nitrogens with two attached hydrogens (primary N) is 1. The summed E-state index contributed by atoms with van der Waals surface area (Å²) in [5.41, 5.74) is 6.05. The highest BCUT2D eigenvalue weighted by Gasteiger charge is 2.33. The van der Waals surface area contributed by atoms with Gasteiger partial charge in [-0.15, -0.1) is 24.8 Å². The van der Waals surface area contributed by atoms with Crippen LogP contribution in [0.1, 0.15) is 57.6 Å². The monoisotopic (exact) mass is 338 g/mol. The first kappa shape index (κ1) is 20.6. The summed E-state index contributed by atoms with van der Waals surface area (Å²) in [6.07, 6.45) is 3.12. The van der Waals surface area contributed by atoms with Crippen molar-refractivity contribution in [1.29, 1.82) is 0 Å². The molecule has 5 nitrogen and oxygen atoms in total. The normalized spacial score (nSPS) is 25.9. The Morgan fingerprint density at radius 1 is 1.24 bits per heavy atom. The van der Waals surface area contributed by atoms with Gasteiger partial charge >= 0.3 is 0 Å². The van der Waals surface area contributed by atoms with E-state index in [2.05, 4.69) is 35.5 Å². The second kappa shape index (κ2) is 7.77. The van der Waals surface area contributed by atoms with E-state index in [1.807, 2.05) is 6.92 Å². The van der Waals surface area contributed by atoms with Gasteiger partial charge < -0.3 is 10.5 Å². The van der Waals surface area contributed by atoms with E-state index in [0.717, 1.165) is 30.9 Å². The lowest BCUT2D eigenvalue weighted by Gasteiger charge is -2.34. The lowest BCUT2D eigenvalue weighted by atomic mass is 9.83. The molecule has 0 unspecified atom stereocenters. The number of ether oxygens (including phenoxy) is 1. The second-order valence-electron chi connectivity index (χ2n) is 6.55. The fourth-order valence-corrected chi connectivity index (χ4v) is 2.85. The quantitative estimate of drug-likeness (QED) is 0.900. The van der Waals surface area contributed by atoms with Gasteiger partial charge in [-0.2, -0.15) is 5.10 Å². The van der Waals surface area contributed by atoms with Crippen LogP contribution < -0.4 is 5.73 Å². The highest BCUT2D eigenvalue weighted by molar-refractivity contribution is 5.85. The van der Waals surface area contributed by atoms with Crippen LogP contribution in [0.4, 0.5) is 0 Å². The van der Waals surface area contributed by atoms with Crippen LogP contribution in [-0.4, -0.2) is 34.0 Å². The van der Waals surface area contributed by atoms with Gasteiger partial charge in [0, 0.05) is 19.1 Å². The minimum Gasteiger partial charge on any atom is -0.380 e. The van der Waals surface area contributed by atoms with Crippen LogP contribution >= 0.6 is 24.8 Å². The Labute approximate surface area is 139 Å². The van der Waals surface area contributed by atoms with E-state index in [1.165, 1.54) is 0 Å². The van der Waals surface area contributed by atoms with E-state index in [9.17, 15) is 0 Å². The Balaban J connectivity index is 0.00000200. The molecule has 0 spiro atoms. The summed E-state index contributed by atoms with van der Waals surface area (Å²) in [6, 6.07) is 0.147. The van der Waals surface area contributed by atoms with Gasteiger partial charge in [-0.3, -0.25) is 0 Å². The molecule has 0 bridgehead atoms. The average molecular weight is 339 g/mol. The number of halogens is 2. The molecule has 1 saturated carbocycles. The number of aryl methyl sites for hydroxylation is 1. The zero-order chi connectivity index (χ0) is 14.2. The molecule has 0 radical (unpaired) electrons. The van der Waals surface area contributed by atoms with E-state index in [1.54, 1.807) is 7.11 Å². The highest BCUT2D eigenvalue weighted by atomic mass is 35.5. The Morgan fingerprint density at radius 3 is 2.38 bits per heavy atom. The van der Waals surface area contributed by atoms with Gasteiger partial charge in [0.05, 0.1) is 11.6 Å². The van der Waals surface area contributed by atoms with Crippen LogP contribution in [0.5, 0.6) is 0 Å². The van der Waals surface area contributed by atoms with Crippen molar-refractivity contribution in [3.05, 3.63) is 11.6 Å². The minimum absolute atomic E-state index is 0. The van der Waals surface area contributed by atoms with Crippen LogP contribution in [-0.2, 0) is 10.3 Å². The molecular weight excluding hydrogens is 311 g/mol. The molecule has 1 aliphatic carbocycles. The average Bonchev–Trinajstić information content (AvgIpc) is 2.72. The largest absolute Gasteiger partial charge is 0.380 e. The van der Waals surface area contributed by atoms with Gasteiger partial charge in [-0.05, 0) is 47.0 Å². The van der Waals surface area contributed by atoms with Gasteiger partial charge in [-0.25, -0.2) is 9.67 Å². The third-order valence-electron chi connectivity index (χ3n) is 3.88. The molecule has 124 valence electrons. The van der Waals surface area contributed by atoms with Crippen molar-refractivity contribution in [1.82, 2.24) is 14.8 Å². The number of methoxy groups -OCH3 is 1. The van der Waals surface area contributed by atoms with Crippen LogP contribution in [0.2, 0.25) is 0 Å². The summed E-state index contributed by atoms with van der Waals surface area (Å²) >= 11 is 0. The SMILES string of the molecule is CO[C@H]1C[C@@H](c2nc(C)nn2C(C)(C)C)CC[C@@H]1N.Cl.Cl. The van der Waals surface area contributed by atoms with Gasteiger partial charge in [0.25, 0.3) is 0 Å². The molecule has 0 aliphatic heterocycles. The first-order chi connectivity index (χ1) is 8.82. The van der Waals surface area contributed by atoms with Crippen LogP contribution in [0.3, 0.4) is 0 Å². The van der Waals surface area contributed by atoms with Crippen molar-refractivity contribution in [3.8, 4) is 0 Å². The fourth-order valence-electron chi connectivity index (χ4n) is 2.85. The zero-order valence-electron chi connectivity index (χ0n) is 13.5. The summed E-state index contributed by atoms with van der Waals surface area (Å²) in [6.45, 7) is 8.43. The molecule has 1 aliphatic rings. The van der Waals surface area contributed by atoms with Crippen molar-refractivity contribution in [2.24, 2.45) is 5.73 Å². The molecule has 1 aromatic rings. The molecular formula is C14H28Cl2N4O. The standard InChI is InChI=1S/C14H26N4O.2ClH/c1-9-16-13(18(17-9)14(2,3)4)10-6-7-11(15)12(8-10)19-5;;/h10-12H,6-8,15H2,1-5H3;2*1H/t10-,11-,12-;;/m0../s1. The topological polar surface area (TPSA) is 66.0 Å². The molecule has 1 fully saturated rings. The zero-order valence-corrected chi connectivity index (χ0v) is 15.1. The molecule has 1 heterocycles. The maximum atomic E-state index is 6.09. The number of aromatic nitrogens is 3. The van der Waals surface area contributed by atoms with Crippen LogP contribution in [0.15, 0.2) is 0 Å². The number of nitrogens with zero attached hydrogens (tertiary/aromatic N) is 3. The first-order valence-electron chi connectivity index (χ1n) is 7.05. The maximum absolute atomic E-state index is 6.09. The summed E-state index contributed by atoms with van der Waals surface area (Å²) in [5, 5.41) is 4.56. The molecule has 1 aromatic heterocycles. The fraction of sp³-hybridized carbons (Fsp3) is 0.857. The summed E-state index contributed by atoms with van der Waals surface area (Å²) in [7, 11) is 1.74. The van der Waals surface area contributed by atoms with E-state index in [0.29, 0.717) is 5.92 Å². The van der Waals surface area contributed by atoms with Crippen LogP contribution in [0, 0.1) is 6.92 Å². The van der Waals surface area contributed by atoms with Crippen molar-refractivity contribution in [3.63, 3.8) is 0 Å². The smallest absolute Gasteiger partial charge is 0.147 e. The molecule has 2 N–H and O–H groups in total. The Kier molecular flexibility index (Phi) is 7.63. The summed E-state index contributed by atoms with van der Waals surface area (Å²) in [4.78, 5) is 4.65. The summed E-state index contributed by atoms with van der Waals surface area (Å²) in [5.74, 6) is 2.32. The predicted molar refractivity (Wildman–Crippen MR) is 89.6 cm³/mol. The van der Waals surface area contributed by atoms with Crippen molar-refractivity contribution < 1.29 is 4.74 Å². The Morgan fingerprint density at radius 2 is 1.86 bits per heavy atom.